The molecule has 4 rings (SSSR count). The highest BCUT2D eigenvalue weighted by atomic mass is 35.5. The summed E-state index contributed by atoms with van der Waals surface area (Å²) in [6, 6.07) is 15.7. The van der Waals surface area contributed by atoms with E-state index in [9.17, 15) is 4.79 Å². The first-order chi connectivity index (χ1) is 15.1. The van der Waals surface area contributed by atoms with Crippen LogP contribution in [-0.2, 0) is 26.6 Å². The van der Waals surface area contributed by atoms with Crippen LogP contribution >= 0.6 is 11.6 Å². The molecule has 1 aromatic carbocycles. The number of hydrogen-bond acceptors (Lipinski definition) is 4. The maximum absolute atomic E-state index is 13.1. The molecule has 0 unspecified atom stereocenters. The first-order valence-electron chi connectivity index (χ1n) is 10.4. The summed E-state index contributed by atoms with van der Waals surface area (Å²) in [7, 11) is 1.99. The average Bonchev–Trinajstić information content (AvgIpc) is 2.78. The number of halogens is 1. The average molecular weight is 433 g/mol. The standard InChI is InChI=1S/C25H25ClN4O/c1-29-17-21(25(31)22-8-2-3-9-23(22)29)18-30(16-20-10-12-28-24(26)14-20)13-5-7-19-6-4-11-27-15-19/h2-4,6,8-12,14-15,17H,5,7,13,16,18H2,1H3. The van der Waals surface area contributed by atoms with Gasteiger partial charge in [-0.2, -0.15) is 0 Å². The minimum Gasteiger partial charge on any atom is -0.350 e. The lowest BCUT2D eigenvalue weighted by atomic mass is 10.1. The first kappa shape index (κ1) is 21.2. The minimum atomic E-state index is 0.0960. The van der Waals surface area contributed by atoms with Crippen LogP contribution in [-0.4, -0.2) is 26.0 Å². The molecule has 4 aromatic rings. The molecule has 6 heteroatoms. The Labute approximate surface area is 187 Å². The second-order valence-corrected chi connectivity index (χ2v) is 8.16. The van der Waals surface area contributed by atoms with E-state index in [2.05, 4.69) is 20.9 Å². The van der Waals surface area contributed by atoms with Crippen LogP contribution in [0, 0.1) is 0 Å². The molecule has 3 aromatic heterocycles. The van der Waals surface area contributed by atoms with Gasteiger partial charge in [0.25, 0.3) is 0 Å². The lowest BCUT2D eigenvalue weighted by molar-refractivity contribution is 0.252. The van der Waals surface area contributed by atoms with Crippen molar-refractivity contribution in [1.82, 2.24) is 19.4 Å². The molecule has 0 aliphatic rings. The van der Waals surface area contributed by atoms with Gasteiger partial charge < -0.3 is 4.57 Å². The van der Waals surface area contributed by atoms with Gasteiger partial charge in [0.05, 0.1) is 5.52 Å². The molecular weight excluding hydrogens is 408 g/mol. The third kappa shape index (κ3) is 5.37. The van der Waals surface area contributed by atoms with Gasteiger partial charge in [-0.1, -0.05) is 29.8 Å². The van der Waals surface area contributed by atoms with E-state index in [0.717, 1.165) is 41.4 Å². The maximum atomic E-state index is 13.1. The molecular formula is C25H25ClN4O. The lowest BCUT2D eigenvalue weighted by Gasteiger charge is -2.23. The second kappa shape index (κ2) is 9.86. The van der Waals surface area contributed by atoms with Crippen LogP contribution in [0.25, 0.3) is 10.9 Å². The van der Waals surface area contributed by atoms with Crippen LogP contribution in [0.5, 0.6) is 0 Å². The van der Waals surface area contributed by atoms with E-state index in [-0.39, 0.29) is 5.43 Å². The van der Waals surface area contributed by atoms with E-state index in [1.807, 2.05) is 66.5 Å². The zero-order valence-corrected chi connectivity index (χ0v) is 18.3. The van der Waals surface area contributed by atoms with Gasteiger partial charge in [0.15, 0.2) is 5.43 Å². The fourth-order valence-corrected chi connectivity index (χ4v) is 4.12. The van der Waals surface area contributed by atoms with Gasteiger partial charge >= 0.3 is 0 Å². The van der Waals surface area contributed by atoms with Crippen molar-refractivity contribution in [3.8, 4) is 0 Å². The molecule has 0 bridgehead atoms. The zero-order valence-electron chi connectivity index (χ0n) is 17.5. The summed E-state index contributed by atoms with van der Waals surface area (Å²) in [6.45, 7) is 2.13. The summed E-state index contributed by atoms with van der Waals surface area (Å²) in [5, 5.41) is 1.24. The van der Waals surface area contributed by atoms with E-state index < -0.39 is 0 Å². The van der Waals surface area contributed by atoms with Crippen molar-refractivity contribution in [1.29, 1.82) is 0 Å². The summed E-state index contributed by atoms with van der Waals surface area (Å²) < 4.78 is 2.03. The monoisotopic (exact) mass is 432 g/mol. The highest BCUT2D eigenvalue weighted by Crippen LogP contribution is 2.15. The van der Waals surface area contributed by atoms with E-state index in [1.54, 1.807) is 12.4 Å². The Morgan fingerprint density at radius 3 is 2.71 bits per heavy atom. The summed E-state index contributed by atoms with van der Waals surface area (Å²) in [6.07, 6.45) is 9.29. The van der Waals surface area contributed by atoms with Crippen molar-refractivity contribution in [2.24, 2.45) is 7.05 Å². The summed E-state index contributed by atoms with van der Waals surface area (Å²) in [5.74, 6) is 0. The highest BCUT2D eigenvalue weighted by Gasteiger charge is 2.13. The number of para-hydroxylation sites is 1. The van der Waals surface area contributed by atoms with Gasteiger partial charge in [-0.05, 0) is 60.8 Å². The Hall–Kier alpha value is -3.02. The maximum Gasteiger partial charge on any atom is 0.193 e. The fourth-order valence-electron chi connectivity index (χ4n) is 3.93. The van der Waals surface area contributed by atoms with Crippen LogP contribution in [0.3, 0.4) is 0 Å². The van der Waals surface area contributed by atoms with Crippen molar-refractivity contribution in [3.63, 3.8) is 0 Å². The SMILES string of the molecule is Cn1cc(CN(CCCc2cccnc2)Cc2ccnc(Cl)c2)c(=O)c2ccccc21. The summed E-state index contributed by atoms with van der Waals surface area (Å²) in [5.41, 5.74) is 4.14. The molecule has 0 amide bonds. The van der Waals surface area contributed by atoms with Crippen molar-refractivity contribution < 1.29 is 0 Å². The van der Waals surface area contributed by atoms with Crippen LogP contribution in [0.2, 0.25) is 5.15 Å². The predicted molar refractivity (Wildman–Crippen MR) is 125 cm³/mol. The Kier molecular flexibility index (Phi) is 6.75. The molecule has 0 saturated carbocycles. The number of rotatable bonds is 8. The highest BCUT2D eigenvalue weighted by molar-refractivity contribution is 6.29. The molecule has 0 saturated heterocycles. The topological polar surface area (TPSA) is 51.0 Å². The number of pyridine rings is 3. The largest absolute Gasteiger partial charge is 0.350 e. The number of hydrogen-bond donors (Lipinski definition) is 0. The summed E-state index contributed by atoms with van der Waals surface area (Å²) >= 11 is 6.09. The Balaban J connectivity index is 1.57. The van der Waals surface area contributed by atoms with Crippen LogP contribution in [0.1, 0.15) is 23.1 Å². The lowest BCUT2D eigenvalue weighted by Crippen LogP contribution is -2.28. The van der Waals surface area contributed by atoms with Crippen LogP contribution in [0.4, 0.5) is 0 Å². The molecule has 0 N–H and O–H groups in total. The normalized spacial score (nSPS) is 11.3. The molecule has 0 spiro atoms. The van der Waals surface area contributed by atoms with Gasteiger partial charge in [-0.25, -0.2) is 4.98 Å². The number of aromatic nitrogens is 3. The molecule has 0 aliphatic carbocycles. The second-order valence-electron chi connectivity index (χ2n) is 7.77. The van der Waals surface area contributed by atoms with E-state index in [0.29, 0.717) is 18.2 Å². The molecule has 0 radical (unpaired) electrons. The van der Waals surface area contributed by atoms with Gasteiger partial charge in [-0.3, -0.25) is 14.7 Å². The van der Waals surface area contributed by atoms with Crippen molar-refractivity contribution in [2.45, 2.75) is 25.9 Å². The van der Waals surface area contributed by atoms with E-state index in [4.69, 9.17) is 11.6 Å². The first-order valence-corrected chi connectivity index (χ1v) is 10.8. The molecule has 0 aliphatic heterocycles. The number of benzene rings is 1. The predicted octanol–water partition coefficient (Wildman–Crippen LogP) is 4.62. The Bertz CT molecular complexity index is 1220. The molecule has 158 valence electrons. The molecule has 31 heavy (non-hydrogen) atoms. The van der Waals surface area contributed by atoms with Crippen molar-refractivity contribution >= 4 is 22.5 Å². The smallest absolute Gasteiger partial charge is 0.193 e. The third-order valence-electron chi connectivity index (χ3n) is 5.42. The van der Waals surface area contributed by atoms with Gasteiger partial charge in [0.1, 0.15) is 5.15 Å². The van der Waals surface area contributed by atoms with Crippen molar-refractivity contribution in [3.05, 3.63) is 105 Å². The zero-order chi connectivity index (χ0) is 21.6. The van der Waals surface area contributed by atoms with Crippen LogP contribution < -0.4 is 5.43 Å². The van der Waals surface area contributed by atoms with Crippen molar-refractivity contribution in [2.75, 3.05) is 6.54 Å². The molecule has 3 heterocycles. The Morgan fingerprint density at radius 2 is 1.90 bits per heavy atom. The van der Waals surface area contributed by atoms with Gasteiger partial charge in [-0.15, -0.1) is 0 Å². The van der Waals surface area contributed by atoms with Crippen LogP contribution in [0.15, 0.2) is 78.1 Å². The molecule has 0 atom stereocenters. The third-order valence-corrected chi connectivity index (χ3v) is 5.63. The number of nitrogens with zero attached hydrogens (tertiary/aromatic N) is 4. The summed E-state index contributed by atoms with van der Waals surface area (Å²) in [4.78, 5) is 23.7. The molecule has 0 fully saturated rings. The number of fused-ring (bicyclic) bond motifs is 1. The number of aryl methyl sites for hydroxylation is 2. The minimum absolute atomic E-state index is 0.0960. The van der Waals surface area contributed by atoms with E-state index in [1.165, 1.54) is 5.56 Å². The van der Waals surface area contributed by atoms with Gasteiger partial charge in [0, 0.05) is 55.9 Å². The molecule has 5 nitrogen and oxygen atoms in total. The van der Waals surface area contributed by atoms with Gasteiger partial charge in [0.2, 0.25) is 0 Å². The van der Waals surface area contributed by atoms with E-state index >= 15 is 0 Å². The fraction of sp³-hybridized carbons (Fsp3) is 0.240. The Morgan fingerprint density at radius 1 is 1.03 bits per heavy atom. The quantitative estimate of drug-likeness (QED) is 0.381.